The van der Waals surface area contributed by atoms with Crippen molar-refractivity contribution < 1.29 is 0 Å². The molecule has 0 aliphatic heterocycles. The monoisotopic (exact) mass is 173 g/mol. The molecule has 0 aliphatic carbocycles. The van der Waals surface area contributed by atoms with E-state index in [1.807, 2.05) is 29.8 Å². The zero-order chi connectivity index (χ0) is 8.10. The average Bonchev–Trinajstić information content (AvgIpc) is 2.09. The van der Waals surface area contributed by atoms with E-state index in [4.69, 9.17) is 0 Å². The van der Waals surface area contributed by atoms with Gasteiger partial charge in [-0.15, -0.1) is 0 Å². The summed E-state index contributed by atoms with van der Waals surface area (Å²) < 4.78 is 0. The van der Waals surface area contributed by atoms with Crippen LogP contribution in [0, 0.1) is 0 Å². The predicted octanol–water partition coefficient (Wildman–Crippen LogP) is 2.70. The van der Waals surface area contributed by atoms with Crippen LogP contribution in [0.15, 0.2) is 55.1 Å². The maximum absolute atomic E-state index is 3.77. The fourth-order valence-electron chi connectivity index (χ4n) is 0.885. The van der Waals surface area contributed by atoms with Gasteiger partial charge in [-0.1, -0.05) is 55.1 Å². The molecule has 0 atom stereocenters. The molecular weight excluding hydrogens is 162 g/mol. The molecule has 1 rings (SSSR count). The molecule has 1 aromatic rings. The van der Waals surface area contributed by atoms with Gasteiger partial charge >= 0.3 is 0 Å². The Hall–Kier alpha value is -0.805. The normalized spacial score (nSPS) is 8.75. The fourth-order valence-corrected chi connectivity index (χ4v) is 1.97. The Morgan fingerprint density at radius 3 is 1.92 bits per heavy atom. The van der Waals surface area contributed by atoms with Gasteiger partial charge in [0.15, 0.2) is 0 Å². The van der Waals surface area contributed by atoms with Gasteiger partial charge in [-0.05, 0) is 13.2 Å². The molecule has 0 unspecified atom stereocenters. The van der Waals surface area contributed by atoms with Crippen molar-refractivity contribution in [3.63, 3.8) is 0 Å². The Kier molecular flexibility index (Phi) is 5.41. The van der Waals surface area contributed by atoms with Crippen molar-refractivity contribution in [1.82, 2.24) is 0 Å². The Morgan fingerprint density at radius 2 is 1.50 bits per heavy atom. The van der Waals surface area contributed by atoms with Crippen LogP contribution >= 0.6 is 7.92 Å². The molecule has 0 aromatic heterocycles. The van der Waals surface area contributed by atoms with Gasteiger partial charge in [0.1, 0.15) is 0 Å². The highest BCUT2D eigenvalue weighted by Gasteiger charge is 1.98. The molecule has 0 nitrogen and oxygen atoms in total. The first-order valence-electron chi connectivity index (χ1n) is 3.47. The van der Waals surface area contributed by atoms with Crippen molar-refractivity contribution >= 4 is 21.6 Å². The van der Waals surface area contributed by atoms with Crippen LogP contribution in [0.4, 0.5) is 0 Å². The molecule has 0 heterocycles. The lowest BCUT2D eigenvalue weighted by Gasteiger charge is -2.05. The van der Waals surface area contributed by atoms with Gasteiger partial charge in [-0.3, -0.25) is 0 Å². The maximum atomic E-state index is 3.77. The van der Waals surface area contributed by atoms with Gasteiger partial charge in [0.25, 0.3) is 0 Å². The van der Waals surface area contributed by atoms with Crippen LogP contribution in [0.1, 0.15) is 0 Å². The van der Waals surface area contributed by atoms with Gasteiger partial charge in [0.05, 0.1) is 0 Å². The lowest BCUT2D eigenvalue weighted by molar-refractivity contribution is 1.77. The molecule has 0 spiro atoms. The molecule has 0 N–H and O–H groups in total. The second kappa shape index (κ2) is 5.80. The highest BCUT2D eigenvalue weighted by atomic mass is 31.1. The summed E-state index contributed by atoms with van der Waals surface area (Å²) in [7, 11) is -0.324. The molecule has 59 valence electrons. The molecule has 0 saturated carbocycles. The number of hydrogen-bond acceptors (Lipinski definition) is 0. The highest BCUT2D eigenvalue weighted by molar-refractivity contribution is 7.71. The maximum Gasteiger partial charge on any atom is 0 e. The molecule has 0 saturated heterocycles. The summed E-state index contributed by atoms with van der Waals surface area (Å²) in [5, 5.41) is 1.31. The third kappa shape index (κ3) is 2.67. The third-order valence-electron chi connectivity index (χ3n) is 1.45. The van der Waals surface area contributed by atoms with Crippen LogP contribution in [0.25, 0.3) is 0 Å². The Balaban J connectivity index is 0.00000121. The van der Waals surface area contributed by atoms with E-state index in [0.717, 1.165) is 0 Å². The summed E-state index contributed by atoms with van der Waals surface area (Å²) in [6.45, 7) is 7.53. The van der Waals surface area contributed by atoms with Crippen LogP contribution in [0.5, 0.6) is 0 Å². The first-order chi connectivity index (χ1) is 5.38. The minimum Gasteiger partial charge on any atom is -0.0980 e. The Bertz CT molecular complexity index is 235. The fraction of sp³-hybridized carbons (Fsp3) is 0. The minimum absolute atomic E-state index is 0. The third-order valence-corrected chi connectivity index (χ3v) is 3.13. The molecule has 12 heavy (non-hydrogen) atoms. The number of rotatable bonds is 3. The second-order valence-electron chi connectivity index (χ2n) is 2.11. The molecule has 0 amide bonds. The van der Waals surface area contributed by atoms with E-state index >= 15 is 0 Å². The minimum atomic E-state index is -0.324. The number of hydrogen-bond donors (Lipinski definition) is 0. The van der Waals surface area contributed by atoms with Crippen LogP contribution in [-0.2, 0) is 0 Å². The van der Waals surface area contributed by atoms with Crippen molar-refractivity contribution in [1.29, 1.82) is 0 Å². The van der Waals surface area contributed by atoms with E-state index in [1.54, 1.807) is 0 Å². The standard InChI is InChI=1S/C10H11P.B/c1-3-11(4-2)10-8-6-5-7-9-10;/h3-9H,1-2H2;. The average molecular weight is 173 g/mol. The van der Waals surface area contributed by atoms with E-state index < -0.39 is 0 Å². The molecule has 0 bridgehead atoms. The highest BCUT2D eigenvalue weighted by Crippen LogP contribution is 2.35. The number of benzene rings is 1. The summed E-state index contributed by atoms with van der Waals surface area (Å²) in [4.78, 5) is 0. The molecule has 3 radical (unpaired) electrons. The first kappa shape index (κ1) is 11.2. The topological polar surface area (TPSA) is 0 Å². The largest absolute Gasteiger partial charge is 0.0980 e. The molecule has 2 heteroatoms. The molecule has 0 fully saturated rings. The lowest BCUT2D eigenvalue weighted by Crippen LogP contribution is -1.94. The van der Waals surface area contributed by atoms with Gasteiger partial charge < -0.3 is 0 Å². The summed E-state index contributed by atoms with van der Waals surface area (Å²) in [5.74, 6) is 3.91. The van der Waals surface area contributed by atoms with Gasteiger partial charge in [-0.25, -0.2) is 0 Å². The van der Waals surface area contributed by atoms with Crippen molar-refractivity contribution in [2.45, 2.75) is 0 Å². The zero-order valence-corrected chi connectivity index (χ0v) is 7.87. The smallest absolute Gasteiger partial charge is 0 e. The summed E-state index contributed by atoms with van der Waals surface area (Å²) in [5.41, 5.74) is 0. The van der Waals surface area contributed by atoms with Crippen molar-refractivity contribution in [2.75, 3.05) is 0 Å². The summed E-state index contributed by atoms with van der Waals surface area (Å²) >= 11 is 0. The Labute approximate surface area is 77.3 Å². The summed E-state index contributed by atoms with van der Waals surface area (Å²) in [6, 6.07) is 10.3. The lowest BCUT2D eigenvalue weighted by atomic mass is 10.4. The van der Waals surface area contributed by atoms with Crippen molar-refractivity contribution in [2.24, 2.45) is 0 Å². The van der Waals surface area contributed by atoms with Crippen LogP contribution < -0.4 is 5.30 Å². The van der Waals surface area contributed by atoms with E-state index in [1.165, 1.54) is 5.30 Å². The van der Waals surface area contributed by atoms with Crippen LogP contribution in [0.3, 0.4) is 0 Å². The van der Waals surface area contributed by atoms with Crippen LogP contribution in [0.2, 0.25) is 0 Å². The quantitative estimate of drug-likeness (QED) is 0.486. The van der Waals surface area contributed by atoms with E-state index in [-0.39, 0.29) is 16.3 Å². The van der Waals surface area contributed by atoms with Crippen molar-refractivity contribution in [3.8, 4) is 0 Å². The van der Waals surface area contributed by atoms with Gasteiger partial charge in [-0.2, -0.15) is 0 Å². The van der Waals surface area contributed by atoms with Gasteiger partial charge in [0, 0.05) is 8.41 Å². The molecule has 0 aliphatic rings. The van der Waals surface area contributed by atoms with Crippen molar-refractivity contribution in [3.05, 3.63) is 55.1 Å². The van der Waals surface area contributed by atoms with E-state index in [9.17, 15) is 0 Å². The molecule has 1 aromatic carbocycles. The molecular formula is C10H11BP. The predicted molar refractivity (Wildman–Crippen MR) is 59.1 cm³/mol. The SMILES string of the molecule is C=CP(C=C)c1ccccc1.[B]. The second-order valence-corrected chi connectivity index (χ2v) is 4.17. The van der Waals surface area contributed by atoms with E-state index in [2.05, 4.69) is 25.3 Å². The zero-order valence-electron chi connectivity index (χ0n) is 6.98. The first-order valence-corrected chi connectivity index (χ1v) is 4.95. The Morgan fingerprint density at radius 1 is 1.00 bits per heavy atom. The van der Waals surface area contributed by atoms with Gasteiger partial charge in [0.2, 0.25) is 0 Å². The van der Waals surface area contributed by atoms with E-state index in [0.29, 0.717) is 0 Å². The summed E-state index contributed by atoms with van der Waals surface area (Å²) in [6.07, 6.45) is 0. The van der Waals surface area contributed by atoms with Crippen LogP contribution in [-0.4, -0.2) is 8.41 Å².